The number of H-pyrrole nitrogens is 4. The maximum atomic E-state index is 14.0. The van der Waals surface area contributed by atoms with Gasteiger partial charge in [0.25, 0.3) is 0 Å². The number of nitrogens with one attached hydrogen (secondary N) is 4. The third kappa shape index (κ3) is 7.88. The van der Waals surface area contributed by atoms with Gasteiger partial charge in [-0.1, -0.05) is 0 Å². The van der Waals surface area contributed by atoms with Crippen molar-refractivity contribution in [3.8, 4) is 11.5 Å². The standard InChI is InChI=1S/C26H26F2N4O.C25H24F2N4O/c27-15-2-4-22-18(12-15)20-14-21-19-13-16(28)3-5-23(19)31-25(21)26(24(20)30-22)33-11-1-8-32-9-6-17(29)7-10-32;26-14-2-4-21-17(10-14)19-12-20-18-11-15(27)3-5-22(18)30-24(20)25(23(19)29-21)32-9-1-7-31-8-6-16(28)13-31/h2-5,12-14,17,30-31H,1,6-11,29H2;2-5,10-12,16,29-30H,1,6-9,13,28H2/t;16-/m.0/s1. The molecule has 10 aromatic rings. The molecule has 0 bridgehead atoms. The number of nitrogens with zero attached hydrogens (tertiary/aromatic N) is 2. The summed E-state index contributed by atoms with van der Waals surface area (Å²) in [6, 6.07) is 23.4. The van der Waals surface area contributed by atoms with Gasteiger partial charge in [0, 0.05) is 96.9 Å². The van der Waals surface area contributed by atoms with Crippen molar-refractivity contribution in [1.29, 1.82) is 0 Å². The van der Waals surface area contributed by atoms with Gasteiger partial charge in [0.2, 0.25) is 0 Å². The highest BCUT2D eigenvalue weighted by molar-refractivity contribution is 6.22. The molecule has 6 aromatic carbocycles. The number of nitrogens with two attached hydrogens (primary N) is 2. The summed E-state index contributed by atoms with van der Waals surface area (Å²) >= 11 is 0. The maximum Gasteiger partial charge on any atom is 0.167 e. The van der Waals surface area contributed by atoms with E-state index in [0.717, 1.165) is 159 Å². The monoisotopic (exact) mass is 882 g/mol. The van der Waals surface area contributed by atoms with Gasteiger partial charge in [0.15, 0.2) is 11.5 Å². The van der Waals surface area contributed by atoms with Crippen molar-refractivity contribution in [2.75, 3.05) is 52.5 Å². The highest BCUT2D eigenvalue weighted by atomic mass is 19.1. The Bertz CT molecular complexity index is 3210. The van der Waals surface area contributed by atoms with Gasteiger partial charge in [-0.25, -0.2) is 17.6 Å². The van der Waals surface area contributed by atoms with Crippen LogP contribution in [0.4, 0.5) is 17.6 Å². The molecule has 334 valence electrons. The number of likely N-dealkylation sites (tertiary alicyclic amines) is 2. The van der Waals surface area contributed by atoms with Gasteiger partial charge in [0.05, 0.1) is 35.3 Å². The van der Waals surface area contributed by atoms with Crippen molar-refractivity contribution >= 4 is 87.2 Å². The fraction of sp³-hybridized carbons (Fsp3) is 0.294. The Morgan fingerprint density at radius 1 is 0.446 bits per heavy atom. The van der Waals surface area contributed by atoms with Crippen LogP contribution in [0, 0.1) is 23.3 Å². The van der Waals surface area contributed by atoms with E-state index in [1.54, 1.807) is 24.3 Å². The van der Waals surface area contributed by atoms with E-state index in [-0.39, 0.29) is 29.3 Å². The first-order valence-corrected chi connectivity index (χ1v) is 22.5. The van der Waals surface area contributed by atoms with Crippen molar-refractivity contribution < 1.29 is 27.0 Å². The SMILES string of the molecule is NC1CCN(CCCOc2c3[nH]c4ccc(F)cc4c3cc3c2[nH]c2ccc(F)cc23)CC1.N[C@H]1CCN(CCCOc2c3[nH]c4ccc(F)cc4c3cc3c2[nH]c2ccc(F)cc23)C1. The van der Waals surface area contributed by atoms with Crippen molar-refractivity contribution in [2.24, 2.45) is 11.5 Å². The van der Waals surface area contributed by atoms with Crippen LogP contribution in [0.3, 0.4) is 0 Å². The van der Waals surface area contributed by atoms with Gasteiger partial charge in [-0.2, -0.15) is 0 Å². The Labute approximate surface area is 370 Å². The lowest BCUT2D eigenvalue weighted by atomic mass is 10.1. The predicted octanol–water partition coefficient (Wildman–Crippen LogP) is 10.5. The van der Waals surface area contributed by atoms with E-state index in [9.17, 15) is 17.6 Å². The fourth-order valence-corrected chi connectivity index (χ4v) is 10.1. The number of aromatic nitrogens is 4. The zero-order chi connectivity index (χ0) is 44.3. The minimum absolute atomic E-state index is 0.266. The summed E-state index contributed by atoms with van der Waals surface area (Å²) in [7, 11) is 0. The lowest BCUT2D eigenvalue weighted by molar-refractivity contribution is 0.194. The Hall–Kier alpha value is -6.32. The number of aromatic amines is 4. The van der Waals surface area contributed by atoms with Crippen LogP contribution >= 0.6 is 0 Å². The second-order valence-electron chi connectivity index (χ2n) is 17.8. The second-order valence-corrected chi connectivity index (χ2v) is 17.8. The van der Waals surface area contributed by atoms with Crippen molar-refractivity contribution in [3.05, 3.63) is 108 Å². The zero-order valence-corrected chi connectivity index (χ0v) is 35.8. The van der Waals surface area contributed by atoms with E-state index in [1.165, 1.54) is 48.5 Å². The molecule has 1 atom stereocenters. The zero-order valence-electron chi connectivity index (χ0n) is 35.8. The molecule has 8 N–H and O–H groups in total. The minimum Gasteiger partial charge on any atom is -0.489 e. The largest absolute Gasteiger partial charge is 0.489 e. The molecule has 0 aliphatic carbocycles. The molecule has 2 fully saturated rings. The van der Waals surface area contributed by atoms with Crippen molar-refractivity contribution in [2.45, 2.75) is 44.2 Å². The summed E-state index contributed by atoms with van der Waals surface area (Å²) in [6.45, 7) is 7.00. The molecule has 2 saturated heterocycles. The highest BCUT2D eigenvalue weighted by Gasteiger charge is 2.22. The van der Waals surface area contributed by atoms with Crippen molar-refractivity contribution in [1.82, 2.24) is 29.7 Å². The molecular weight excluding hydrogens is 833 g/mol. The molecule has 2 aliphatic rings. The maximum absolute atomic E-state index is 14.0. The van der Waals surface area contributed by atoms with E-state index in [0.29, 0.717) is 30.8 Å². The van der Waals surface area contributed by atoms with Gasteiger partial charge >= 0.3 is 0 Å². The van der Waals surface area contributed by atoms with Crippen LogP contribution in [-0.2, 0) is 0 Å². The number of fused-ring (bicyclic) bond motifs is 12. The minimum atomic E-state index is -0.297. The molecule has 0 saturated carbocycles. The number of benzene rings is 6. The van der Waals surface area contributed by atoms with Gasteiger partial charge in [-0.15, -0.1) is 0 Å². The molecule has 0 spiro atoms. The van der Waals surface area contributed by atoms with Gasteiger partial charge in [-0.05, 0) is 137 Å². The second kappa shape index (κ2) is 16.9. The molecule has 12 rings (SSSR count). The predicted molar refractivity (Wildman–Crippen MR) is 253 cm³/mol. The highest BCUT2D eigenvalue weighted by Crippen LogP contribution is 2.43. The summed E-state index contributed by atoms with van der Waals surface area (Å²) in [6.07, 6.45) is 4.87. The lowest BCUT2D eigenvalue weighted by Crippen LogP contribution is -2.40. The molecule has 2 aliphatic heterocycles. The third-order valence-electron chi connectivity index (χ3n) is 13.4. The van der Waals surface area contributed by atoms with Crippen LogP contribution in [0.2, 0.25) is 0 Å². The Balaban J connectivity index is 0.000000144. The summed E-state index contributed by atoms with van der Waals surface area (Å²) in [5, 5.41) is 6.58. The number of hydrogen-bond donors (Lipinski definition) is 6. The van der Waals surface area contributed by atoms with Crippen LogP contribution in [0.5, 0.6) is 11.5 Å². The molecule has 6 heterocycles. The molecule has 0 unspecified atom stereocenters. The van der Waals surface area contributed by atoms with E-state index < -0.39 is 0 Å². The molecule has 14 heteroatoms. The first kappa shape index (κ1) is 41.4. The van der Waals surface area contributed by atoms with Crippen LogP contribution < -0.4 is 20.9 Å². The van der Waals surface area contributed by atoms with E-state index in [2.05, 4.69) is 29.7 Å². The lowest BCUT2D eigenvalue weighted by Gasteiger charge is -2.29. The quantitative estimate of drug-likeness (QED) is 0.0597. The smallest absolute Gasteiger partial charge is 0.167 e. The number of hydrogen-bond acceptors (Lipinski definition) is 6. The summed E-state index contributed by atoms with van der Waals surface area (Å²) in [5.74, 6) is 0.194. The van der Waals surface area contributed by atoms with Gasteiger partial charge in [-0.3, -0.25) is 0 Å². The van der Waals surface area contributed by atoms with E-state index in [1.807, 2.05) is 12.1 Å². The topological polar surface area (TPSA) is 140 Å². The Morgan fingerprint density at radius 3 is 1.14 bits per heavy atom. The number of ether oxygens (including phenoxy) is 2. The van der Waals surface area contributed by atoms with Crippen LogP contribution in [0.25, 0.3) is 87.2 Å². The van der Waals surface area contributed by atoms with Crippen LogP contribution in [-0.4, -0.2) is 94.3 Å². The van der Waals surface area contributed by atoms with Crippen molar-refractivity contribution in [3.63, 3.8) is 0 Å². The van der Waals surface area contributed by atoms with E-state index >= 15 is 0 Å². The number of piperidine rings is 1. The molecule has 0 radical (unpaired) electrons. The molecular formula is C51H50F4N8O2. The third-order valence-corrected chi connectivity index (χ3v) is 13.4. The van der Waals surface area contributed by atoms with Gasteiger partial charge < -0.3 is 50.7 Å². The first-order chi connectivity index (χ1) is 31.6. The summed E-state index contributed by atoms with van der Waals surface area (Å²) in [4.78, 5) is 18.4. The Kier molecular flexibility index (Phi) is 10.8. The molecule has 0 amide bonds. The fourth-order valence-electron chi connectivity index (χ4n) is 10.1. The summed E-state index contributed by atoms with van der Waals surface area (Å²) < 4.78 is 68.8. The first-order valence-electron chi connectivity index (χ1n) is 22.5. The molecule has 65 heavy (non-hydrogen) atoms. The average Bonchev–Trinajstić information content (AvgIpc) is 4.13. The van der Waals surface area contributed by atoms with Crippen LogP contribution in [0.15, 0.2) is 84.9 Å². The molecule has 10 nitrogen and oxygen atoms in total. The van der Waals surface area contributed by atoms with Crippen LogP contribution in [0.1, 0.15) is 32.1 Å². The van der Waals surface area contributed by atoms with E-state index in [4.69, 9.17) is 20.9 Å². The molecule has 4 aromatic heterocycles. The summed E-state index contributed by atoms with van der Waals surface area (Å²) in [5.41, 5.74) is 18.6. The van der Waals surface area contributed by atoms with Gasteiger partial charge in [0.1, 0.15) is 23.3 Å². The number of halogens is 4. The normalized spacial score (nSPS) is 16.7. The number of rotatable bonds is 10. The Morgan fingerprint density at radius 2 is 0.785 bits per heavy atom. The average molecular weight is 883 g/mol.